The third kappa shape index (κ3) is 4.22. The van der Waals surface area contributed by atoms with Crippen molar-refractivity contribution in [1.29, 1.82) is 0 Å². The molecule has 1 aromatic heterocycles. The molecule has 7 nitrogen and oxygen atoms in total. The highest BCUT2D eigenvalue weighted by Gasteiger charge is 2.19. The normalized spacial score (nSPS) is 10.6. The van der Waals surface area contributed by atoms with Crippen LogP contribution in [0.2, 0.25) is 0 Å². The van der Waals surface area contributed by atoms with E-state index in [-0.39, 0.29) is 12.2 Å². The highest BCUT2D eigenvalue weighted by molar-refractivity contribution is 9.10. The van der Waals surface area contributed by atoms with E-state index in [0.717, 1.165) is 5.69 Å². The van der Waals surface area contributed by atoms with Crippen LogP contribution in [0.3, 0.4) is 0 Å². The first-order chi connectivity index (χ1) is 14.0. The molecule has 152 valence electrons. The Morgan fingerprint density at radius 1 is 1.10 bits per heavy atom. The zero-order valence-electron chi connectivity index (χ0n) is 16.3. The molecule has 1 heterocycles. The van der Waals surface area contributed by atoms with Crippen LogP contribution in [-0.2, 0) is 18.4 Å². The fourth-order valence-electron chi connectivity index (χ4n) is 2.91. The van der Waals surface area contributed by atoms with Crippen LogP contribution in [0.4, 0.5) is 0 Å². The molecule has 3 aromatic rings. The van der Waals surface area contributed by atoms with E-state index in [1.54, 1.807) is 41.5 Å². The predicted octanol–water partition coefficient (Wildman–Crippen LogP) is 3.70. The van der Waals surface area contributed by atoms with Gasteiger partial charge < -0.3 is 14.2 Å². The summed E-state index contributed by atoms with van der Waals surface area (Å²) in [4.78, 5) is 24.6. The van der Waals surface area contributed by atoms with Crippen molar-refractivity contribution in [1.82, 2.24) is 9.36 Å². The zero-order chi connectivity index (χ0) is 21.0. The van der Waals surface area contributed by atoms with Gasteiger partial charge in [0.05, 0.1) is 30.7 Å². The summed E-state index contributed by atoms with van der Waals surface area (Å²) in [5.41, 5.74) is 1.61. The van der Waals surface area contributed by atoms with E-state index in [1.165, 1.54) is 7.11 Å². The molecule has 0 aliphatic carbocycles. The number of benzene rings is 2. The first-order valence-corrected chi connectivity index (χ1v) is 9.77. The number of rotatable bonds is 7. The van der Waals surface area contributed by atoms with Gasteiger partial charge in [-0.05, 0) is 53.2 Å². The van der Waals surface area contributed by atoms with Crippen LogP contribution in [0.5, 0.6) is 11.5 Å². The van der Waals surface area contributed by atoms with E-state index in [2.05, 4.69) is 15.9 Å². The molecule has 8 heteroatoms. The molecular weight excluding hydrogens is 440 g/mol. The molecule has 0 saturated heterocycles. The Bertz CT molecular complexity index is 1070. The molecule has 0 radical (unpaired) electrons. The van der Waals surface area contributed by atoms with Crippen molar-refractivity contribution < 1.29 is 19.0 Å². The smallest absolute Gasteiger partial charge is 0.338 e. The summed E-state index contributed by atoms with van der Waals surface area (Å²) < 4.78 is 20.0. The van der Waals surface area contributed by atoms with Crippen molar-refractivity contribution in [3.8, 4) is 17.2 Å². The van der Waals surface area contributed by atoms with Crippen LogP contribution in [-0.4, -0.2) is 29.0 Å². The summed E-state index contributed by atoms with van der Waals surface area (Å²) >= 11 is 3.38. The minimum Gasteiger partial charge on any atom is -0.493 e. The Kier molecular flexibility index (Phi) is 6.43. The number of hydrogen-bond donors (Lipinski definition) is 0. The van der Waals surface area contributed by atoms with Crippen LogP contribution in [0.1, 0.15) is 23.0 Å². The molecular formula is C21H21BrN2O5. The molecule has 0 fully saturated rings. The number of aromatic nitrogens is 2. The van der Waals surface area contributed by atoms with E-state index in [4.69, 9.17) is 14.2 Å². The van der Waals surface area contributed by atoms with E-state index < -0.39 is 5.97 Å². The molecule has 0 unspecified atom stereocenters. The van der Waals surface area contributed by atoms with Gasteiger partial charge in [-0.3, -0.25) is 9.48 Å². The molecule has 0 aliphatic rings. The molecule has 2 aromatic carbocycles. The van der Waals surface area contributed by atoms with Gasteiger partial charge in [0.15, 0.2) is 11.5 Å². The van der Waals surface area contributed by atoms with E-state index in [9.17, 15) is 9.59 Å². The SMILES string of the molecule is CCOC(=O)c1ccc(OCc2c(Br)c(=O)n(-c3ccccc3)n2C)c(OC)c1. The second kappa shape index (κ2) is 9.00. The Morgan fingerprint density at radius 2 is 1.83 bits per heavy atom. The summed E-state index contributed by atoms with van der Waals surface area (Å²) in [6, 6.07) is 14.2. The van der Waals surface area contributed by atoms with Crippen LogP contribution >= 0.6 is 15.9 Å². The third-order valence-corrected chi connectivity index (χ3v) is 5.16. The van der Waals surface area contributed by atoms with Crippen molar-refractivity contribution in [2.75, 3.05) is 13.7 Å². The second-order valence-electron chi connectivity index (χ2n) is 6.11. The number of ether oxygens (including phenoxy) is 3. The average Bonchev–Trinajstić information content (AvgIpc) is 2.95. The van der Waals surface area contributed by atoms with E-state index in [0.29, 0.717) is 33.8 Å². The maximum Gasteiger partial charge on any atom is 0.338 e. The summed E-state index contributed by atoms with van der Waals surface area (Å²) in [5, 5.41) is 0. The minimum absolute atomic E-state index is 0.126. The number of halogens is 1. The van der Waals surface area contributed by atoms with Crippen LogP contribution in [0.15, 0.2) is 57.8 Å². The number of carbonyl (C=O) groups is 1. The maximum atomic E-state index is 12.7. The molecule has 3 rings (SSSR count). The number of nitrogens with zero attached hydrogens (tertiary/aromatic N) is 2. The lowest BCUT2D eigenvalue weighted by atomic mass is 10.2. The standard InChI is InChI=1S/C21H21BrN2O5/c1-4-28-21(26)14-10-11-17(18(12-14)27-3)29-13-16-19(22)20(25)24(23(16)2)15-8-6-5-7-9-15/h5-12H,4,13H2,1-3H3. The van der Waals surface area contributed by atoms with Gasteiger partial charge in [-0.2, -0.15) is 0 Å². The summed E-state index contributed by atoms with van der Waals surface area (Å²) in [5.74, 6) is 0.425. The lowest BCUT2D eigenvalue weighted by Gasteiger charge is -2.13. The quantitative estimate of drug-likeness (QED) is 0.502. The maximum absolute atomic E-state index is 12.7. The molecule has 0 spiro atoms. The lowest BCUT2D eigenvalue weighted by molar-refractivity contribution is 0.0526. The average molecular weight is 461 g/mol. The second-order valence-corrected chi connectivity index (χ2v) is 6.90. The monoisotopic (exact) mass is 460 g/mol. The first-order valence-electron chi connectivity index (χ1n) is 8.97. The Morgan fingerprint density at radius 3 is 2.48 bits per heavy atom. The van der Waals surface area contributed by atoms with Gasteiger partial charge >= 0.3 is 5.97 Å². The largest absolute Gasteiger partial charge is 0.493 e. The first kappa shape index (κ1) is 20.7. The number of hydrogen-bond acceptors (Lipinski definition) is 5. The number of carbonyl (C=O) groups excluding carboxylic acids is 1. The molecule has 0 bridgehead atoms. The Labute approximate surface area is 176 Å². The van der Waals surface area contributed by atoms with Gasteiger partial charge in [-0.15, -0.1) is 0 Å². The Balaban J connectivity index is 1.87. The molecule has 0 amide bonds. The molecule has 0 aliphatic heterocycles. The van der Waals surface area contributed by atoms with Gasteiger partial charge in [0, 0.05) is 7.05 Å². The number of methoxy groups -OCH3 is 1. The predicted molar refractivity (Wildman–Crippen MR) is 112 cm³/mol. The highest BCUT2D eigenvalue weighted by atomic mass is 79.9. The molecule has 0 N–H and O–H groups in total. The zero-order valence-corrected chi connectivity index (χ0v) is 17.9. The van der Waals surface area contributed by atoms with Crippen molar-refractivity contribution in [2.24, 2.45) is 7.05 Å². The van der Waals surface area contributed by atoms with E-state index >= 15 is 0 Å². The summed E-state index contributed by atoms with van der Waals surface area (Å²) in [6.45, 7) is 2.16. The topological polar surface area (TPSA) is 71.7 Å². The van der Waals surface area contributed by atoms with Crippen molar-refractivity contribution in [3.63, 3.8) is 0 Å². The minimum atomic E-state index is -0.428. The lowest BCUT2D eigenvalue weighted by Crippen LogP contribution is -2.19. The van der Waals surface area contributed by atoms with Gasteiger partial charge in [0.2, 0.25) is 0 Å². The van der Waals surface area contributed by atoms with Gasteiger partial charge in [-0.1, -0.05) is 18.2 Å². The van der Waals surface area contributed by atoms with Gasteiger partial charge in [-0.25, -0.2) is 9.48 Å². The van der Waals surface area contributed by atoms with Crippen LogP contribution in [0.25, 0.3) is 5.69 Å². The Hall–Kier alpha value is -3.00. The highest BCUT2D eigenvalue weighted by Crippen LogP contribution is 2.30. The molecule has 0 atom stereocenters. The van der Waals surface area contributed by atoms with Crippen molar-refractivity contribution in [2.45, 2.75) is 13.5 Å². The van der Waals surface area contributed by atoms with Crippen LogP contribution < -0.4 is 15.0 Å². The molecule has 0 saturated carbocycles. The number of para-hydroxylation sites is 1. The van der Waals surface area contributed by atoms with Crippen LogP contribution in [0, 0.1) is 0 Å². The van der Waals surface area contributed by atoms with Gasteiger partial charge in [0.25, 0.3) is 5.56 Å². The summed E-state index contributed by atoms with van der Waals surface area (Å²) in [6.07, 6.45) is 0. The third-order valence-electron chi connectivity index (χ3n) is 4.36. The van der Waals surface area contributed by atoms with Crippen molar-refractivity contribution in [3.05, 3.63) is 74.6 Å². The van der Waals surface area contributed by atoms with Gasteiger partial charge in [0.1, 0.15) is 11.1 Å². The van der Waals surface area contributed by atoms with Crippen molar-refractivity contribution >= 4 is 21.9 Å². The van der Waals surface area contributed by atoms with E-state index in [1.807, 2.05) is 30.3 Å². The fourth-order valence-corrected chi connectivity index (χ4v) is 3.45. The molecule has 29 heavy (non-hydrogen) atoms. The number of esters is 1. The fraction of sp³-hybridized carbons (Fsp3) is 0.238. The summed E-state index contributed by atoms with van der Waals surface area (Å²) in [7, 11) is 3.29.